The molecule has 1 atom stereocenters. The number of anilines is 3. The number of hydrogen-bond donors (Lipinski definition) is 3. The third-order valence-electron chi connectivity index (χ3n) is 10.1. The molecular weight excluding hydrogens is 658 g/mol. The maximum Gasteiger partial charge on any atom is 0.270 e. The number of aliphatic imine (C=N–C) groups is 1. The molecular formula is C37H40F2N8O4. The van der Waals surface area contributed by atoms with Crippen molar-refractivity contribution >= 4 is 52.0 Å². The Balaban J connectivity index is 0.884. The van der Waals surface area contributed by atoms with E-state index in [0.717, 1.165) is 11.4 Å². The number of carbonyl (C=O) groups is 4. The lowest BCUT2D eigenvalue weighted by Crippen LogP contribution is -2.47. The Labute approximate surface area is 294 Å². The number of nitrogens with one attached hydrogen (secondary N) is 3. The van der Waals surface area contributed by atoms with Crippen LogP contribution in [0.2, 0.25) is 0 Å². The molecule has 5 heterocycles. The fraction of sp³-hybridized carbons (Fsp3) is 0.405. The highest BCUT2D eigenvalue weighted by atomic mass is 19.1. The minimum atomic E-state index is -0.710. The van der Waals surface area contributed by atoms with Crippen LogP contribution in [0.15, 0.2) is 53.5 Å². The predicted octanol–water partition coefficient (Wildman–Crippen LogP) is 3.52. The average Bonchev–Trinajstić information content (AvgIpc) is 3.12. The zero-order valence-electron chi connectivity index (χ0n) is 28.4. The topological polar surface area (TPSA) is 139 Å². The van der Waals surface area contributed by atoms with Crippen molar-refractivity contribution in [3.63, 3.8) is 0 Å². The highest BCUT2D eigenvalue weighted by molar-refractivity contribution is 6.40. The second-order valence-corrected chi connectivity index (χ2v) is 13.5. The largest absolute Gasteiger partial charge is 0.374 e. The molecule has 12 nitrogen and oxygen atoms in total. The Hall–Kier alpha value is -5.24. The molecule has 2 aromatic carbocycles. The van der Waals surface area contributed by atoms with Gasteiger partial charge in [0.2, 0.25) is 17.8 Å². The molecule has 1 aromatic heterocycles. The minimum absolute atomic E-state index is 0.0156. The Morgan fingerprint density at radius 3 is 2.47 bits per heavy atom. The Bertz CT molecular complexity index is 1900. The zero-order chi connectivity index (χ0) is 35.6. The second-order valence-electron chi connectivity index (χ2n) is 13.5. The number of halogens is 2. The van der Waals surface area contributed by atoms with Crippen LogP contribution in [-0.2, 0) is 27.3 Å². The molecule has 0 saturated carbocycles. The van der Waals surface area contributed by atoms with Crippen LogP contribution in [0.1, 0.15) is 54.2 Å². The van der Waals surface area contributed by atoms with Crippen LogP contribution in [0.25, 0.3) is 0 Å². The van der Waals surface area contributed by atoms with Crippen molar-refractivity contribution in [2.24, 2.45) is 4.99 Å². The minimum Gasteiger partial charge on any atom is -0.374 e. The van der Waals surface area contributed by atoms with Gasteiger partial charge in [-0.25, -0.2) is 14.4 Å². The summed E-state index contributed by atoms with van der Waals surface area (Å²) in [5.74, 6) is -2.27. The molecule has 0 radical (unpaired) electrons. The van der Waals surface area contributed by atoms with Crippen LogP contribution in [0, 0.1) is 11.8 Å². The molecule has 4 aliphatic rings. The van der Waals surface area contributed by atoms with Crippen molar-refractivity contribution in [1.29, 1.82) is 0 Å². The van der Waals surface area contributed by atoms with E-state index in [9.17, 15) is 19.2 Å². The van der Waals surface area contributed by atoms with Crippen molar-refractivity contribution in [3.05, 3.63) is 77.1 Å². The smallest absolute Gasteiger partial charge is 0.270 e. The second kappa shape index (κ2) is 14.5. The van der Waals surface area contributed by atoms with Crippen LogP contribution < -0.4 is 25.8 Å². The fourth-order valence-electron chi connectivity index (χ4n) is 7.13. The number of nitrogens with zero attached hydrogens (tertiary/aromatic N) is 5. The molecule has 0 bridgehead atoms. The fourth-order valence-corrected chi connectivity index (χ4v) is 7.13. The van der Waals surface area contributed by atoms with Crippen LogP contribution in [0.3, 0.4) is 0 Å². The lowest BCUT2D eigenvalue weighted by atomic mass is 9.97. The van der Waals surface area contributed by atoms with Crippen molar-refractivity contribution in [1.82, 2.24) is 20.5 Å². The Morgan fingerprint density at radius 1 is 0.941 bits per heavy atom. The number of piperazine rings is 1. The maximum atomic E-state index is 15.3. The molecule has 1 unspecified atom stereocenters. The van der Waals surface area contributed by atoms with Crippen LogP contribution in [0.5, 0.6) is 0 Å². The Kier molecular flexibility index (Phi) is 9.76. The molecule has 3 aromatic rings. The van der Waals surface area contributed by atoms with E-state index >= 15 is 8.78 Å². The first-order chi connectivity index (χ1) is 24.6. The molecule has 7 rings (SSSR count). The normalized spacial score (nSPS) is 20.1. The first-order valence-corrected chi connectivity index (χ1v) is 17.4. The number of fused-ring (bicyclic) bond motifs is 1. The summed E-state index contributed by atoms with van der Waals surface area (Å²) in [7, 11) is 0. The van der Waals surface area contributed by atoms with Gasteiger partial charge in [-0.15, -0.1) is 0 Å². The molecule has 3 amide bonds. The monoisotopic (exact) mass is 698 g/mol. The maximum absolute atomic E-state index is 15.3. The summed E-state index contributed by atoms with van der Waals surface area (Å²) < 4.78 is 30.5. The van der Waals surface area contributed by atoms with E-state index in [1.165, 1.54) is 0 Å². The number of rotatable bonds is 8. The van der Waals surface area contributed by atoms with Gasteiger partial charge >= 0.3 is 0 Å². The van der Waals surface area contributed by atoms with E-state index in [4.69, 9.17) is 0 Å². The first-order valence-electron chi connectivity index (χ1n) is 17.4. The number of piperidine rings is 2. The number of aromatic nitrogens is 1. The molecule has 51 heavy (non-hydrogen) atoms. The lowest BCUT2D eigenvalue weighted by molar-refractivity contribution is -0.133. The van der Waals surface area contributed by atoms with Gasteiger partial charge in [0.15, 0.2) is 5.78 Å². The SMILES string of the molecule is CC1=Nc2ccc(CN3CCN(c4ccc(C(=O)NC5CCN(c6cccc(NC7CCC(=O)NC7=O)c6)CC5)nc4F)CC3)c(F)c2CC1=O. The van der Waals surface area contributed by atoms with Gasteiger partial charge in [0, 0.05) is 87.2 Å². The lowest BCUT2D eigenvalue weighted by Gasteiger charge is -2.36. The van der Waals surface area contributed by atoms with Crippen molar-refractivity contribution in [2.45, 2.75) is 57.7 Å². The van der Waals surface area contributed by atoms with Gasteiger partial charge in [-0.2, -0.15) is 4.39 Å². The highest BCUT2D eigenvalue weighted by Gasteiger charge is 2.28. The van der Waals surface area contributed by atoms with Crippen LogP contribution in [-0.4, -0.2) is 90.5 Å². The quantitative estimate of drug-likeness (QED) is 0.238. The highest BCUT2D eigenvalue weighted by Crippen LogP contribution is 2.30. The van der Waals surface area contributed by atoms with Gasteiger partial charge in [0.25, 0.3) is 5.91 Å². The summed E-state index contributed by atoms with van der Waals surface area (Å²) in [6.45, 7) is 5.58. The molecule has 14 heteroatoms. The van der Waals surface area contributed by atoms with Crippen LogP contribution >= 0.6 is 0 Å². The van der Waals surface area contributed by atoms with Gasteiger partial charge in [0.1, 0.15) is 17.6 Å². The Morgan fingerprint density at radius 2 is 1.73 bits per heavy atom. The molecule has 4 aliphatic heterocycles. The standard InChI is InChI=1S/C37H40F2N8O4/c1-22-32(48)20-27-28(40-22)6-5-23(34(27)38)21-45-15-17-47(18-16-45)31-9-7-30(43-35(31)39)36(50)42-24-11-13-46(14-12-24)26-4-2-3-25(19-26)41-29-8-10-33(49)44-37(29)51/h2-7,9,19,24,29,41H,8,10-18,20-21H2,1H3,(H,42,50)(H,44,49,51). The van der Waals surface area contributed by atoms with Crippen molar-refractivity contribution in [2.75, 3.05) is 54.4 Å². The summed E-state index contributed by atoms with van der Waals surface area (Å²) in [6.07, 6.45) is 2.16. The summed E-state index contributed by atoms with van der Waals surface area (Å²) >= 11 is 0. The number of benzene rings is 2. The van der Waals surface area contributed by atoms with E-state index in [2.05, 4.69) is 35.7 Å². The first kappa shape index (κ1) is 34.2. The van der Waals surface area contributed by atoms with Gasteiger partial charge in [-0.1, -0.05) is 12.1 Å². The van der Waals surface area contributed by atoms with Crippen LogP contribution in [0.4, 0.5) is 31.5 Å². The summed E-state index contributed by atoms with van der Waals surface area (Å²) in [4.78, 5) is 63.2. The van der Waals surface area contributed by atoms with E-state index < -0.39 is 17.9 Å². The van der Waals surface area contributed by atoms with Crippen molar-refractivity contribution in [3.8, 4) is 0 Å². The average molecular weight is 699 g/mol. The summed E-state index contributed by atoms with van der Waals surface area (Å²) in [6, 6.07) is 13.8. The number of hydrogen-bond acceptors (Lipinski definition) is 10. The number of ketones is 1. The number of Topliss-reactive ketones (excluding diaryl/α,β-unsaturated/α-hetero) is 1. The molecule has 0 spiro atoms. The van der Waals surface area contributed by atoms with Crippen molar-refractivity contribution < 1.29 is 28.0 Å². The zero-order valence-corrected chi connectivity index (χ0v) is 28.4. The van der Waals surface area contributed by atoms with Gasteiger partial charge in [0.05, 0.1) is 17.1 Å². The third kappa shape index (κ3) is 7.60. The molecule has 0 aliphatic carbocycles. The van der Waals surface area contributed by atoms with Gasteiger partial charge in [-0.3, -0.25) is 29.4 Å². The van der Waals surface area contributed by atoms with E-state index in [1.54, 1.807) is 31.2 Å². The van der Waals surface area contributed by atoms with E-state index in [1.807, 2.05) is 29.2 Å². The number of carbonyl (C=O) groups excluding carboxylic acids is 4. The molecule has 3 fully saturated rings. The van der Waals surface area contributed by atoms with E-state index in [-0.39, 0.29) is 41.6 Å². The summed E-state index contributed by atoms with van der Waals surface area (Å²) in [5, 5.41) is 8.59. The molecule has 3 saturated heterocycles. The van der Waals surface area contributed by atoms with E-state index in [0.29, 0.717) is 99.7 Å². The van der Waals surface area contributed by atoms with Gasteiger partial charge in [-0.05, 0) is 62.6 Å². The number of amides is 3. The number of pyridine rings is 1. The predicted molar refractivity (Wildman–Crippen MR) is 189 cm³/mol. The summed E-state index contributed by atoms with van der Waals surface area (Å²) in [5.41, 5.74) is 3.87. The third-order valence-corrected chi connectivity index (χ3v) is 10.1. The molecule has 3 N–H and O–H groups in total. The number of imide groups is 1. The van der Waals surface area contributed by atoms with Gasteiger partial charge < -0.3 is 20.4 Å². The molecule has 266 valence electrons.